The first-order chi connectivity index (χ1) is 7.33. The summed E-state index contributed by atoms with van der Waals surface area (Å²) >= 11 is 0. The molecule has 0 aromatic heterocycles. The molecule has 15 heavy (non-hydrogen) atoms. The molecule has 0 nitrogen and oxygen atoms in total. The van der Waals surface area contributed by atoms with Gasteiger partial charge in [0, 0.05) is 0 Å². The largest absolute Gasteiger partial charge is 0.121 e. The molecule has 6 atom stereocenters. The molecule has 2 heteroatoms. The van der Waals surface area contributed by atoms with Crippen LogP contribution in [0.5, 0.6) is 0 Å². The predicted molar refractivity (Wildman–Crippen MR) is 77.4 cm³/mol. The third-order valence-corrected chi connectivity index (χ3v) is 7.62. The fourth-order valence-electron chi connectivity index (χ4n) is 3.95. The van der Waals surface area contributed by atoms with Crippen molar-refractivity contribution in [2.24, 2.45) is 17.8 Å². The lowest BCUT2D eigenvalue weighted by atomic mass is 9.95. The molecule has 0 aromatic carbocycles. The molecule has 2 saturated carbocycles. The number of fused-ring (bicyclic) bond motifs is 2. The van der Waals surface area contributed by atoms with Crippen LogP contribution in [0.15, 0.2) is 0 Å². The highest BCUT2D eigenvalue weighted by Gasteiger charge is 2.51. The van der Waals surface area contributed by atoms with Crippen LogP contribution in [0.3, 0.4) is 0 Å². The minimum absolute atomic E-state index is 1.12. The summed E-state index contributed by atoms with van der Waals surface area (Å²) in [6.07, 6.45) is 4.59. The molecular weight excluding hydrogens is 218 g/mol. The van der Waals surface area contributed by atoms with Crippen LogP contribution in [0.4, 0.5) is 0 Å². The Labute approximate surface area is 99.9 Å². The van der Waals surface area contributed by atoms with Gasteiger partial charge in [-0.2, -0.15) is 0 Å². The van der Waals surface area contributed by atoms with Gasteiger partial charge in [-0.25, -0.2) is 0 Å². The highest BCUT2D eigenvalue weighted by Crippen LogP contribution is 2.60. The summed E-state index contributed by atoms with van der Waals surface area (Å²) in [6.45, 7) is 11.3. The normalized spacial score (nSPS) is 44.2. The monoisotopic (exact) mass is 246 g/mol. The van der Waals surface area contributed by atoms with Crippen molar-refractivity contribution in [3.8, 4) is 0 Å². The van der Waals surface area contributed by atoms with Crippen LogP contribution in [0.2, 0.25) is 0 Å². The minimum atomic E-state index is 1.12. The van der Waals surface area contributed by atoms with Gasteiger partial charge in [-0.15, -0.1) is 17.2 Å². The van der Waals surface area contributed by atoms with Crippen LogP contribution in [-0.4, -0.2) is 24.6 Å². The van der Waals surface area contributed by atoms with E-state index in [0.29, 0.717) is 0 Å². The molecule has 6 unspecified atom stereocenters. The molecule has 2 rings (SSSR count). The van der Waals surface area contributed by atoms with E-state index in [4.69, 9.17) is 0 Å². The maximum Gasteiger partial charge on any atom is -0.0140 e. The van der Waals surface area contributed by atoms with Crippen LogP contribution in [0.25, 0.3) is 0 Å². The summed E-state index contributed by atoms with van der Waals surface area (Å²) in [7, 11) is 2.42. The van der Waals surface area contributed by atoms with Gasteiger partial charge in [-0.05, 0) is 55.2 Å². The summed E-state index contributed by atoms with van der Waals surface area (Å²) in [6, 6.07) is 0. The first-order valence-corrected chi connectivity index (χ1v) is 9.83. The van der Waals surface area contributed by atoms with Crippen molar-refractivity contribution in [1.29, 1.82) is 0 Å². The molecule has 0 spiro atoms. The molecule has 2 bridgehead atoms. The molecule has 90 valence electrons. The highest BCUT2D eigenvalue weighted by atomic mass is 31.1. The Hall–Kier alpha value is 0.860. The van der Waals surface area contributed by atoms with Gasteiger partial charge in [-0.1, -0.05) is 27.2 Å². The second-order valence-electron chi connectivity index (χ2n) is 4.61. The molecule has 0 amide bonds. The Balaban J connectivity index is 0.000000531. The molecule has 0 aliphatic heterocycles. The van der Waals surface area contributed by atoms with Crippen LogP contribution in [0, 0.1) is 17.8 Å². The topological polar surface area (TPSA) is 0 Å². The Morgan fingerprint density at radius 3 is 1.60 bits per heavy atom. The molecule has 0 N–H and O–H groups in total. The first-order valence-electron chi connectivity index (χ1n) is 6.68. The molecule has 0 aromatic rings. The SMILES string of the molecule is CC.CCC1C2CCC1C(PC)C2PC. The van der Waals surface area contributed by atoms with E-state index >= 15 is 0 Å². The van der Waals surface area contributed by atoms with Crippen LogP contribution >= 0.6 is 17.2 Å². The van der Waals surface area contributed by atoms with Crippen LogP contribution in [0.1, 0.15) is 40.0 Å². The van der Waals surface area contributed by atoms with E-state index in [2.05, 4.69) is 20.3 Å². The molecule has 2 aliphatic rings. The van der Waals surface area contributed by atoms with Gasteiger partial charge in [0.2, 0.25) is 0 Å². The molecule has 2 fully saturated rings. The first kappa shape index (κ1) is 13.9. The average molecular weight is 246 g/mol. The maximum atomic E-state index is 2.44. The Morgan fingerprint density at radius 2 is 1.33 bits per heavy atom. The zero-order valence-electron chi connectivity index (χ0n) is 11.0. The van der Waals surface area contributed by atoms with Crippen molar-refractivity contribution < 1.29 is 0 Å². The predicted octanol–water partition coefficient (Wildman–Crippen LogP) is 4.43. The lowest BCUT2D eigenvalue weighted by Gasteiger charge is -2.29. The van der Waals surface area contributed by atoms with Gasteiger partial charge in [-0.3, -0.25) is 0 Å². The van der Waals surface area contributed by atoms with Gasteiger partial charge in [0.25, 0.3) is 0 Å². The van der Waals surface area contributed by atoms with E-state index in [1.807, 2.05) is 13.8 Å². The lowest BCUT2D eigenvalue weighted by Crippen LogP contribution is -2.24. The quantitative estimate of drug-likeness (QED) is 0.646. The van der Waals surface area contributed by atoms with Crippen molar-refractivity contribution in [3.05, 3.63) is 0 Å². The van der Waals surface area contributed by atoms with Crippen molar-refractivity contribution in [3.63, 3.8) is 0 Å². The summed E-state index contributed by atoms with van der Waals surface area (Å²) in [5.41, 5.74) is 2.26. The van der Waals surface area contributed by atoms with Crippen LogP contribution in [-0.2, 0) is 0 Å². The van der Waals surface area contributed by atoms with Crippen molar-refractivity contribution in [2.45, 2.75) is 51.4 Å². The zero-order chi connectivity index (χ0) is 11.4. The van der Waals surface area contributed by atoms with Crippen molar-refractivity contribution >= 4 is 17.2 Å². The molecule has 0 heterocycles. The Bertz CT molecular complexity index is 159. The Morgan fingerprint density at radius 1 is 0.933 bits per heavy atom. The fraction of sp³-hybridized carbons (Fsp3) is 1.00. The van der Waals surface area contributed by atoms with Gasteiger partial charge >= 0.3 is 0 Å². The van der Waals surface area contributed by atoms with Crippen LogP contribution < -0.4 is 0 Å². The number of hydrogen-bond donors (Lipinski definition) is 0. The fourth-order valence-corrected chi connectivity index (χ4v) is 7.84. The number of rotatable bonds is 3. The Kier molecular flexibility index (Phi) is 6.09. The summed E-state index contributed by atoms with van der Waals surface area (Å²) in [4.78, 5) is 0. The lowest BCUT2D eigenvalue weighted by molar-refractivity contribution is 0.395. The smallest absolute Gasteiger partial charge is 0.0140 e. The zero-order valence-corrected chi connectivity index (χ0v) is 13.0. The van der Waals surface area contributed by atoms with E-state index in [1.54, 1.807) is 12.8 Å². The summed E-state index contributed by atoms with van der Waals surface area (Å²) in [5.74, 6) is 3.39. The summed E-state index contributed by atoms with van der Waals surface area (Å²) in [5, 5.41) is 0. The van der Waals surface area contributed by atoms with Crippen molar-refractivity contribution in [1.82, 2.24) is 0 Å². The average Bonchev–Trinajstić information content (AvgIpc) is 2.84. The second-order valence-corrected chi connectivity index (χ2v) is 7.09. The van der Waals surface area contributed by atoms with E-state index in [1.165, 1.54) is 23.6 Å². The molecule has 0 radical (unpaired) electrons. The van der Waals surface area contributed by atoms with Gasteiger partial charge in [0.15, 0.2) is 0 Å². The number of hydrogen-bond acceptors (Lipinski definition) is 0. The van der Waals surface area contributed by atoms with E-state index < -0.39 is 0 Å². The minimum Gasteiger partial charge on any atom is -0.121 e. The summed E-state index contributed by atoms with van der Waals surface area (Å²) < 4.78 is 0. The van der Waals surface area contributed by atoms with E-state index in [9.17, 15) is 0 Å². The maximum absolute atomic E-state index is 2.44. The van der Waals surface area contributed by atoms with Gasteiger partial charge in [0.1, 0.15) is 0 Å². The molecular formula is C13H28P2. The highest BCUT2D eigenvalue weighted by molar-refractivity contribution is 7.43. The van der Waals surface area contributed by atoms with Gasteiger partial charge < -0.3 is 0 Å². The standard InChI is InChI=1S/C11H22P2.C2H6/c1-4-7-8-5-6-9(7)11(13-3)10(8)12-2;1-2/h7-13H,4-6H2,1-3H3;1-2H3. The third-order valence-electron chi connectivity index (χ3n) is 4.38. The third kappa shape index (κ3) is 2.42. The second kappa shape index (κ2) is 6.56. The van der Waals surface area contributed by atoms with E-state index in [-0.39, 0.29) is 0 Å². The molecule has 2 aliphatic carbocycles. The van der Waals surface area contributed by atoms with Crippen molar-refractivity contribution in [2.75, 3.05) is 13.3 Å². The van der Waals surface area contributed by atoms with E-state index in [0.717, 1.165) is 29.1 Å². The van der Waals surface area contributed by atoms with Gasteiger partial charge in [0.05, 0.1) is 0 Å². The molecule has 0 saturated heterocycles.